The summed E-state index contributed by atoms with van der Waals surface area (Å²) in [4.78, 5) is 0. The molecule has 2 aromatic heterocycles. The van der Waals surface area contributed by atoms with E-state index in [9.17, 15) is 5.26 Å². The first-order valence-electron chi connectivity index (χ1n) is 8.86. The highest BCUT2D eigenvalue weighted by Gasteiger charge is 2.21. The van der Waals surface area contributed by atoms with Crippen molar-refractivity contribution in [1.29, 1.82) is 5.26 Å². The van der Waals surface area contributed by atoms with E-state index in [4.69, 9.17) is 4.42 Å². The molecular weight excluding hydrogens is 320 g/mol. The molecule has 0 N–H and O–H groups in total. The monoisotopic (exact) mass is 341 g/mol. The standard InChI is InChI=1S/C23H21N2O/c1-14(2)16-11-17(13-24)22-19(12-16)18-9-8-15(3)21(23(18)26-22)20-7-5-6-10-25(20)4/h5-12,14H,1-4H3/q+1. The maximum absolute atomic E-state index is 9.64. The Balaban J connectivity index is 2.16. The van der Waals surface area contributed by atoms with E-state index in [0.29, 0.717) is 17.1 Å². The van der Waals surface area contributed by atoms with Gasteiger partial charge in [-0.05, 0) is 42.2 Å². The molecular formula is C23H21N2O+. The number of pyridine rings is 1. The molecule has 0 aliphatic carbocycles. The van der Waals surface area contributed by atoms with Crippen molar-refractivity contribution in [3.05, 3.63) is 65.4 Å². The Morgan fingerprint density at radius 3 is 2.54 bits per heavy atom. The highest BCUT2D eigenvalue weighted by atomic mass is 16.3. The van der Waals surface area contributed by atoms with Crippen LogP contribution in [0.1, 0.15) is 36.5 Å². The van der Waals surface area contributed by atoms with Crippen LogP contribution in [0.2, 0.25) is 0 Å². The number of nitriles is 1. The molecule has 0 unspecified atom stereocenters. The fourth-order valence-electron chi connectivity index (χ4n) is 3.58. The minimum Gasteiger partial charge on any atom is -0.454 e. The molecule has 0 aliphatic heterocycles. The third kappa shape index (κ3) is 2.38. The molecule has 2 aromatic carbocycles. The van der Waals surface area contributed by atoms with Gasteiger partial charge in [0.1, 0.15) is 18.7 Å². The molecule has 0 aliphatic rings. The zero-order chi connectivity index (χ0) is 18.4. The molecule has 0 fully saturated rings. The summed E-state index contributed by atoms with van der Waals surface area (Å²) in [7, 11) is 2.04. The first-order valence-corrected chi connectivity index (χ1v) is 8.86. The molecule has 0 spiro atoms. The van der Waals surface area contributed by atoms with Crippen molar-refractivity contribution in [1.82, 2.24) is 0 Å². The lowest BCUT2D eigenvalue weighted by molar-refractivity contribution is -0.660. The number of aromatic nitrogens is 1. The van der Waals surface area contributed by atoms with Crippen LogP contribution in [0.5, 0.6) is 0 Å². The summed E-state index contributed by atoms with van der Waals surface area (Å²) in [6.45, 7) is 6.38. The van der Waals surface area contributed by atoms with Crippen LogP contribution in [0.25, 0.3) is 33.2 Å². The van der Waals surface area contributed by atoms with Crippen LogP contribution in [0, 0.1) is 18.3 Å². The molecule has 0 radical (unpaired) electrons. The van der Waals surface area contributed by atoms with Crippen molar-refractivity contribution in [3.63, 3.8) is 0 Å². The summed E-state index contributed by atoms with van der Waals surface area (Å²) in [5, 5.41) is 11.7. The van der Waals surface area contributed by atoms with E-state index in [1.807, 2.05) is 31.4 Å². The van der Waals surface area contributed by atoms with Crippen molar-refractivity contribution in [2.45, 2.75) is 26.7 Å². The van der Waals surface area contributed by atoms with E-state index in [1.54, 1.807) is 0 Å². The topological polar surface area (TPSA) is 40.8 Å². The van der Waals surface area contributed by atoms with E-state index in [0.717, 1.165) is 38.7 Å². The smallest absolute Gasteiger partial charge is 0.216 e. The number of furan rings is 1. The van der Waals surface area contributed by atoms with Crippen LogP contribution in [0.3, 0.4) is 0 Å². The summed E-state index contributed by atoms with van der Waals surface area (Å²) in [6.07, 6.45) is 2.04. The van der Waals surface area contributed by atoms with Crippen molar-refractivity contribution >= 4 is 21.9 Å². The first kappa shape index (κ1) is 16.4. The van der Waals surface area contributed by atoms with Gasteiger partial charge in [-0.3, -0.25) is 0 Å². The highest BCUT2D eigenvalue weighted by Crippen LogP contribution is 2.39. The molecule has 0 amide bonds. The van der Waals surface area contributed by atoms with Gasteiger partial charge in [0.2, 0.25) is 5.69 Å². The van der Waals surface area contributed by atoms with E-state index >= 15 is 0 Å². The predicted octanol–water partition coefficient (Wildman–Crippen LogP) is 5.38. The Morgan fingerprint density at radius 2 is 1.85 bits per heavy atom. The van der Waals surface area contributed by atoms with Gasteiger partial charge < -0.3 is 4.42 Å². The largest absolute Gasteiger partial charge is 0.454 e. The summed E-state index contributed by atoms with van der Waals surface area (Å²) < 4.78 is 8.39. The molecule has 3 nitrogen and oxygen atoms in total. The molecule has 0 saturated carbocycles. The number of hydrogen-bond donors (Lipinski definition) is 0. The number of aryl methyl sites for hydroxylation is 2. The Labute approximate surface area is 153 Å². The van der Waals surface area contributed by atoms with Crippen LogP contribution < -0.4 is 4.57 Å². The van der Waals surface area contributed by atoms with Gasteiger partial charge in [-0.25, -0.2) is 4.57 Å². The highest BCUT2D eigenvalue weighted by molar-refractivity contribution is 6.11. The van der Waals surface area contributed by atoms with Gasteiger partial charge in [0.15, 0.2) is 11.8 Å². The Bertz CT molecular complexity index is 1190. The van der Waals surface area contributed by atoms with Crippen molar-refractivity contribution in [2.75, 3.05) is 0 Å². The van der Waals surface area contributed by atoms with E-state index in [-0.39, 0.29) is 0 Å². The Hall–Kier alpha value is -3.12. The van der Waals surface area contributed by atoms with Gasteiger partial charge in [-0.2, -0.15) is 5.26 Å². The molecule has 3 heteroatoms. The molecule has 26 heavy (non-hydrogen) atoms. The van der Waals surface area contributed by atoms with E-state index in [2.05, 4.69) is 55.7 Å². The molecule has 4 rings (SSSR count). The molecule has 0 atom stereocenters. The van der Waals surface area contributed by atoms with Gasteiger partial charge in [-0.1, -0.05) is 26.0 Å². The van der Waals surface area contributed by atoms with Crippen LogP contribution >= 0.6 is 0 Å². The Kier molecular flexibility index (Phi) is 3.77. The molecule has 0 bridgehead atoms. The lowest BCUT2D eigenvalue weighted by Crippen LogP contribution is -2.30. The predicted molar refractivity (Wildman–Crippen MR) is 104 cm³/mol. The average molecular weight is 341 g/mol. The van der Waals surface area contributed by atoms with Gasteiger partial charge >= 0.3 is 0 Å². The molecule has 2 heterocycles. The van der Waals surface area contributed by atoms with Gasteiger partial charge in [-0.15, -0.1) is 0 Å². The van der Waals surface area contributed by atoms with E-state index < -0.39 is 0 Å². The second-order valence-electron chi connectivity index (χ2n) is 7.14. The second-order valence-corrected chi connectivity index (χ2v) is 7.14. The number of nitrogens with zero attached hydrogens (tertiary/aromatic N) is 2. The van der Waals surface area contributed by atoms with Gasteiger partial charge in [0.25, 0.3) is 0 Å². The molecule has 4 aromatic rings. The van der Waals surface area contributed by atoms with Crippen LogP contribution in [0.4, 0.5) is 0 Å². The molecule has 128 valence electrons. The van der Waals surface area contributed by atoms with Gasteiger partial charge in [0.05, 0.1) is 11.1 Å². The maximum Gasteiger partial charge on any atom is 0.216 e. The van der Waals surface area contributed by atoms with Crippen LogP contribution in [-0.2, 0) is 7.05 Å². The fraction of sp³-hybridized carbons (Fsp3) is 0.217. The van der Waals surface area contributed by atoms with Crippen LogP contribution in [0.15, 0.2) is 53.1 Å². The third-order valence-electron chi connectivity index (χ3n) is 5.07. The Morgan fingerprint density at radius 1 is 1.04 bits per heavy atom. The fourth-order valence-corrected chi connectivity index (χ4v) is 3.58. The maximum atomic E-state index is 9.64. The van der Waals surface area contributed by atoms with Crippen molar-refractivity contribution in [2.24, 2.45) is 7.05 Å². The van der Waals surface area contributed by atoms with Crippen molar-refractivity contribution in [3.8, 4) is 17.3 Å². The number of fused-ring (bicyclic) bond motifs is 3. The first-order chi connectivity index (χ1) is 12.5. The number of rotatable bonds is 2. The number of hydrogen-bond acceptors (Lipinski definition) is 2. The summed E-state index contributed by atoms with van der Waals surface area (Å²) in [5.74, 6) is 0.355. The zero-order valence-electron chi connectivity index (χ0n) is 15.5. The zero-order valence-corrected chi connectivity index (χ0v) is 15.5. The normalized spacial score (nSPS) is 11.4. The van der Waals surface area contributed by atoms with Crippen LogP contribution in [-0.4, -0.2) is 0 Å². The molecule has 0 saturated heterocycles. The average Bonchev–Trinajstić information content (AvgIpc) is 3.00. The van der Waals surface area contributed by atoms with Gasteiger partial charge in [0, 0.05) is 22.9 Å². The summed E-state index contributed by atoms with van der Waals surface area (Å²) >= 11 is 0. The quantitative estimate of drug-likeness (QED) is 0.459. The third-order valence-corrected chi connectivity index (χ3v) is 5.07. The minimum absolute atomic E-state index is 0.355. The number of benzene rings is 2. The lowest BCUT2D eigenvalue weighted by atomic mass is 9.96. The minimum atomic E-state index is 0.355. The van der Waals surface area contributed by atoms with E-state index in [1.165, 1.54) is 0 Å². The lowest BCUT2D eigenvalue weighted by Gasteiger charge is -2.06. The van der Waals surface area contributed by atoms with Crippen molar-refractivity contribution < 1.29 is 8.98 Å². The SMILES string of the molecule is Cc1ccc2c(oc3c(C#N)cc(C(C)C)cc32)c1-c1cccc[n+]1C. The summed E-state index contributed by atoms with van der Waals surface area (Å²) in [6, 6.07) is 16.8. The summed E-state index contributed by atoms with van der Waals surface area (Å²) in [5.41, 5.74) is 6.61. The second kappa shape index (κ2) is 6.00.